The largest absolute Gasteiger partial charge is 0.448 e. The molecule has 15 heavy (non-hydrogen) atoms. The molecule has 78 valence electrons. The van der Waals surface area contributed by atoms with Gasteiger partial charge >= 0.3 is 0 Å². The van der Waals surface area contributed by atoms with Gasteiger partial charge in [0.15, 0.2) is 17.8 Å². The van der Waals surface area contributed by atoms with Crippen LogP contribution >= 0.6 is 0 Å². The summed E-state index contributed by atoms with van der Waals surface area (Å²) in [5.74, 6) is 0.836. The summed E-state index contributed by atoms with van der Waals surface area (Å²) in [6.07, 6.45) is 6.36. The highest BCUT2D eigenvalue weighted by atomic mass is 16.7. The Morgan fingerprint density at radius 1 is 1.27 bits per heavy atom. The van der Waals surface area contributed by atoms with Crippen molar-refractivity contribution < 1.29 is 14.3 Å². The van der Waals surface area contributed by atoms with Gasteiger partial charge in [-0.1, -0.05) is 0 Å². The van der Waals surface area contributed by atoms with Gasteiger partial charge in [-0.05, 0) is 12.8 Å². The van der Waals surface area contributed by atoms with Gasteiger partial charge in [-0.2, -0.15) is 0 Å². The molecule has 1 saturated carbocycles. The maximum absolute atomic E-state index is 10.6. The topological polar surface area (TPSA) is 48.4 Å². The number of hydrogen-bond donors (Lipinski definition) is 0. The smallest absolute Gasteiger partial charge is 0.251 e. The van der Waals surface area contributed by atoms with Crippen LogP contribution in [-0.2, 0) is 0 Å². The lowest BCUT2D eigenvalue weighted by Gasteiger charge is -2.21. The molecule has 1 aliphatic heterocycles. The maximum atomic E-state index is 10.6. The summed E-state index contributed by atoms with van der Waals surface area (Å²) in [4.78, 5) is 14.5. The number of nitrogens with zero attached hydrogens (tertiary/aromatic N) is 1. The number of hydrogen-bond acceptors (Lipinski definition) is 4. The summed E-state index contributed by atoms with van der Waals surface area (Å²) < 4.78 is 11.5. The van der Waals surface area contributed by atoms with E-state index in [1.54, 1.807) is 12.3 Å². The summed E-state index contributed by atoms with van der Waals surface area (Å²) in [7, 11) is 0. The number of rotatable bonds is 1. The number of carbonyl (C=O) groups is 1. The highest BCUT2D eigenvalue weighted by Gasteiger charge is 2.44. The summed E-state index contributed by atoms with van der Waals surface area (Å²) in [6.45, 7) is 0. The number of carbonyl (C=O) groups excluding carboxylic acids is 1. The van der Waals surface area contributed by atoms with Crippen molar-refractivity contribution in [2.24, 2.45) is 0 Å². The van der Waals surface area contributed by atoms with Crippen molar-refractivity contribution in [1.82, 2.24) is 4.98 Å². The average molecular weight is 205 g/mol. The van der Waals surface area contributed by atoms with Crippen molar-refractivity contribution in [2.75, 3.05) is 0 Å². The van der Waals surface area contributed by atoms with Gasteiger partial charge < -0.3 is 9.47 Å². The van der Waals surface area contributed by atoms with Crippen LogP contribution in [0.2, 0.25) is 0 Å². The third-order valence-corrected chi connectivity index (χ3v) is 2.93. The fraction of sp³-hybridized carbons (Fsp3) is 0.455. The Kier molecular flexibility index (Phi) is 1.71. The molecule has 4 nitrogen and oxygen atoms in total. The lowest BCUT2D eigenvalue weighted by molar-refractivity contribution is -0.0717. The molecule has 2 aliphatic rings. The van der Waals surface area contributed by atoms with Crippen molar-refractivity contribution in [3.8, 4) is 11.5 Å². The average Bonchev–Trinajstić information content (AvgIpc) is 2.84. The molecule has 0 saturated heterocycles. The lowest BCUT2D eigenvalue weighted by atomic mass is 10.2. The van der Waals surface area contributed by atoms with Crippen LogP contribution in [-0.4, -0.2) is 17.1 Å². The van der Waals surface area contributed by atoms with E-state index in [0.717, 1.165) is 25.7 Å². The van der Waals surface area contributed by atoms with E-state index in [4.69, 9.17) is 9.47 Å². The van der Waals surface area contributed by atoms with Gasteiger partial charge in [0.1, 0.15) is 5.69 Å². The van der Waals surface area contributed by atoms with E-state index >= 15 is 0 Å². The zero-order chi connectivity index (χ0) is 10.3. The highest BCUT2D eigenvalue weighted by Crippen LogP contribution is 2.45. The van der Waals surface area contributed by atoms with E-state index < -0.39 is 5.79 Å². The molecule has 0 aromatic carbocycles. The van der Waals surface area contributed by atoms with Crippen LogP contribution < -0.4 is 9.47 Å². The fourth-order valence-electron chi connectivity index (χ4n) is 2.20. The molecule has 0 amide bonds. The first-order valence-electron chi connectivity index (χ1n) is 5.15. The summed E-state index contributed by atoms with van der Waals surface area (Å²) in [5, 5.41) is 0. The van der Waals surface area contributed by atoms with Crippen molar-refractivity contribution >= 4 is 6.29 Å². The molecule has 0 unspecified atom stereocenters. The van der Waals surface area contributed by atoms with Crippen LogP contribution in [0, 0.1) is 0 Å². The first kappa shape index (κ1) is 8.71. The molecule has 1 aromatic rings. The molecule has 1 fully saturated rings. The number of pyridine rings is 1. The van der Waals surface area contributed by atoms with Gasteiger partial charge in [0.2, 0.25) is 0 Å². The van der Waals surface area contributed by atoms with Gasteiger partial charge in [0.05, 0.1) is 6.20 Å². The molecule has 1 aliphatic carbocycles. The number of aldehydes is 1. The number of fused-ring (bicyclic) bond motifs is 1. The summed E-state index contributed by atoms with van der Waals surface area (Å²) in [5.41, 5.74) is 0.382. The third-order valence-electron chi connectivity index (χ3n) is 2.93. The van der Waals surface area contributed by atoms with Gasteiger partial charge in [-0.25, -0.2) is 4.98 Å². The second-order valence-corrected chi connectivity index (χ2v) is 4.00. The number of aromatic nitrogens is 1. The molecule has 3 rings (SSSR count). The minimum absolute atomic E-state index is 0.382. The number of ether oxygens (including phenoxy) is 2. The molecule has 2 heterocycles. The van der Waals surface area contributed by atoms with Gasteiger partial charge in [-0.15, -0.1) is 0 Å². The monoisotopic (exact) mass is 205 g/mol. The van der Waals surface area contributed by atoms with Gasteiger partial charge in [-0.3, -0.25) is 4.79 Å². The molecule has 4 heteroatoms. The van der Waals surface area contributed by atoms with Crippen LogP contribution in [0.15, 0.2) is 12.3 Å². The first-order valence-corrected chi connectivity index (χ1v) is 5.15. The van der Waals surface area contributed by atoms with E-state index in [-0.39, 0.29) is 0 Å². The van der Waals surface area contributed by atoms with Gasteiger partial charge in [0.25, 0.3) is 5.79 Å². The molecular formula is C11H11NO3. The van der Waals surface area contributed by atoms with Crippen LogP contribution in [0.25, 0.3) is 0 Å². The van der Waals surface area contributed by atoms with E-state index in [0.29, 0.717) is 23.5 Å². The minimum Gasteiger partial charge on any atom is -0.448 e. The predicted octanol–water partition coefficient (Wildman–Crippen LogP) is 1.94. The molecular weight excluding hydrogens is 194 g/mol. The Morgan fingerprint density at radius 3 is 2.73 bits per heavy atom. The van der Waals surface area contributed by atoms with Crippen LogP contribution in [0.3, 0.4) is 0 Å². The first-order chi connectivity index (χ1) is 7.31. The SMILES string of the molecule is O=Cc1cc2c(cn1)OC1(CCCC1)O2. The molecule has 0 radical (unpaired) electrons. The fourth-order valence-corrected chi connectivity index (χ4v) is 2.20. The molecule has 0 bridgehead atoms. The normalized spacial score (nSPS) is 20.8. The Bertz CT molecular complexity index is 410. The van der Waals surface area contributed by atoms with Crippen molar-refractivity contribution in [1.29, 1.82) is 0 Å². The second kappa shape index (κ2) is 2.95. The van der Waals surface area contributed by atoms with Crippen LogP contribution in [0.1, 0.15) is 36.2 Å². The van der Waals surface area contributed by atoms with E-state index in [2.05, 4.69) is 4.98 Å². The van der Waals surface area contributed by atoms with Crippen molar-refractivity contribution in [3.05, 3.63) is 18.0 Å². The Balaban J connectivity index is 1.95. The van der Waals surface area contributed by atoms with E-state index in [1.165, 1.54) is 0 Å². The third kappa shape index (κ3) is 1.28. The Hall–Kier alpha value is -1.58. The van der Waals surface area contributed by atoms with Crippen molar-refractivity contribution in [3.63, 3.8) is 0 Å². The highest BCUT2D eigenvalue weighted by molar-refractivity contribution is 5.73. The predicted molar refractivity (Wildman–Crippen MR) is 52.1 cm³/mol. The Labute approximate surface area is 87.2 Å². The maximum Gasteiger partial charge on any atom is 0.251 e. The van der Waals surface area contributed by atoms with Crippen molar-refractivity contribution in [2.45, 2.75) is 31.5 Å². The van der Waals surface area contributed by atoms with Gasteiger partial charge in [0, 0.05) is 18.9 Å². The zero-order valence-electron chi connectivity index (χ0n) is 8.23. The minimum atomic E-state index is -0.467. The van der Waals surface area contributed by atoms with Crippen LogP contribution in [0.5, 0.6) is 11.5 Å². The molecule has 0 atom stereocenters. The zero-order valence-corrected chi connectivity index (χ0v) is 8.23. The van der Waals surface area contributed by atoms with E-state index in [1.807, 2.05) is 0 Å². The standard InChI is InChI=1S/C11H11NO3/c13-7-8-5-9-10(6-12-8)15-11(14-9)3-1-2-4-11/h5-7H,1-4H2. The summed E-state index contributed by atoms with van der Waals surface area (Å²) in [6, 6.07) is 1.63. The quantitative estimate of drug-likeness (QED) is 0.657. The molecule has 0 N–H and O–H groups in total. The van der Waals surface area contributed by atoms with E-state index in [9.17, 15) is 4.79 Å². The molecule has 1 aromatic heterocycles. The summed E-state index contributed by atoms with van der Waals surface area (Å²) >= 11 is 0. The second-order valence-electron chi connectivity index (χ2n) is 4.00. The lowest BCUT2D eigenvalue weighted by Crippen LogP contribution is -2.34. The Morgan fingerprint density at radius 2 is 2.00 bits per heavy atom. The van der Waals surface area contributed by atoms with Crippen LogP contribution in [0.4, 0.5) is 0 Å². The molecule has 1 spiro atoms.